The number of rotatable bonds is 10. The highest BCUT2D eigenvalue weighted by Crippen LogP contribution is 2.42. The van der Waals surface area contributed by atoms with Crippen molar-refractivity contribution in [2.45, 2.75) is 11.4 Å². The first-order valence-electron chi connectivity index (χ1n) is 12.8. The number of para-hydroxylation sites is 1. The third-order valence-corrected chi connectivity index (χ3v) is 7.98. The number of hydrogen-bond acceptors (Lipinski definition) is 8. The van der Waals surface area contributed by atoms with Crippen LogP contribution in [0.3, 0.4) is 0 Å². The summed E-state index contributed by atoms with van der Waals surface area (Å²) in [5, 5.41) is 16.2. The largest absolute Gasteiger partial charge is 0.493 e. The van der Waals surface area contributed by atoms with Gasteiger partial charge < -0.3 is 14.8 Å². The highest BCUT2D eigenvalue weighted by Gasteiger charge is 2.20. The molecule has 0 radical (unpaired) electrons. The smallest absolute Gasteiger partial charge is 0.226 e. The van der Waals surface area contributed by atoms with Crippen molar-refractivity contribution in [1.29, 1.82) is 5.26 Å². The fourth-order valence-corrected chi connectivity index (χ4v) is 5.98. The Morgan fingerprint density at radius 1 is 0.902 bits per heavy atom. The topological polar surface area (TPSA) is 97.1 Å². The van der Waals surface area contributed by atoms with Gasteiger partial charge in [0.05, 0.1) is 31.2 Å². The van der Waals surface area contributed by atoms with Gasteiger partial charge in [-0.1, -0.05) is 72.8 Å². The number of carbonyl (C=O) groups excluding carboxylic acids is 1. The van der Waals surface area contributed by atoms with Gasteiger partial charge in [-0.3, -0.25) is 4.79 Å². The maximum atomic E-state index is 12.8. The van der Waals surface area contributed by atoms with Gasteiger partial charge in [0.1, 0.15) is 11.1 Å². The summed E-state index contributed by atoms with van der Waals surface area (Å²) in [5.41, 5.74) is 5.26. The molecule has 9 heteroatoms. The third-order valence-electron chi connectivity index (χ3n) is 6.25. The van der Waals surface area contributed by atoms with Crippen molar-refractivity contribution >= 4 is 34.1 Å². The molecule has 5 aromatic rings. The Morgan fingerprint density at radius 2 is 1.61 bits per heavy atom. The van der Waals surface area contributed by atoms with Gasteiger partial charge in [-0.05, 0) is 12.1 Å². The van der Waals surface area contributed by atoms with E-state index in [9.17, 15) is 10.1 Å². The van der Waals surface area contributed by atoms with Crippen LogP contribution in [0.2, 0.25) is 0 Å². The zero-order valence-corrected chi connectivity index (χ0v) is 24.1. The van der Waals surface area contributed by atoms with Crippen LogP contribution in [0.25, 0.3) is 33.6 Å². The molecule has 0 bridgehead atoms. The molecule has 0 aliphatic heterocycles. The van der Waals surface area contributed by atoms with Crippen LogP contribution in [0.15, 0.2) is 95.3 Å². The van der Waals surface area contributed by atoms with E-state index in [1.165, 1.54) is 23.1 Å². The standard InChI is InChI=1S/C32H26N4O3S2/c1-38-28-15-9-14-23(30(28)39-2)24-18-26(21-10-5-3-6-11-21)34-31(25(24)19-33)40-17-16-29(37)36-32-35-27(20-41-32)22-12-7-4-8-13-22/h3-15,18,20H,16-17H2,1-2H3,(H,35,36,37). The molecular weight excluding hydrogens is 553 g/mol. The SMILES string of the molecule is COc1cccc(-c2cc(-c3ccccc3)nc(SCCC(=O)Nc3nc(-c4ccccc4)cs3)c2C#N)c1OC. The van der Waals surface area contributed by atoms with Gasteiger partial charge in [-0.2, -0.15) is 5.26 Å². The van der Waals surface area contributed by atoms with E-state index in [1.54, 1.807) is 14.2 Å². The van der Waals surface area contributed by atoms with Crippen LogP contribution in [-0.2, 0) is 4.79 Å². The molecule has 0 saturated heterocycles. The molecule has 2 heterocycles. The van der Waals surface area contributed by atoms with E-state index in [2.05, 4.69) is 16.4 Å². The monoisotopic (exact) mass is 578 g/mol. The van der Waals surface area contributed by atoms with Crippen molar-refractivity contribution in [2.75, 3.05) is 25.3 Å². The van der Waals surface area contributed by atoms with Gasteiger partial charge in [0, 0.05) is 39.8 Å². The average Bonchev–Trinajstić information content (AvgIpc) is 3.49. The minimum absolute atomic E-state index is 0.154. The van der Waals surface area contributed by atoms with Gasteiger partial charge in [-0.25, -0.2) is 9.97 Å². The predicted molar refractivity (Wildman–Crippen MR) is 164 cm³/mol. The maximum Gasteiger partial charge on any atom is 0.226 e. The Hall–Kier alpha value is -4.65. The van der Waals surface area contributed by atoms with Crippen LogP contribution < -0.4 is 14.8 Å². The number of anilines is 1. The number of methoxy groups -OCH3 is 2. The Bertz CT molecular complexity index is 1700. The Kier molecular flexibility index (Phi) is 8.94. The van der Waals surface area contributed by atoms with Crippen molar-refractivity contribution in [1.82, 2.24) is 9.97 Å². The van der Waals surface area contributed by atoms with Crippen molar-refractivity contribution in [3.05, 3.63) is 95.9 Å². The summed E-state index contributed by atoms with van der Waals surface area (Å²) in [6.45, 7) is 0. The van der Waals surface area contributed by atoms with Crippen molar-refractivity contribution in [3.63, 3.8) is 0 Å². The lowest BCUT2D eigenvalue weighted by atomic mass is 9.98. The number of hydrogen-bond donors (Lipinski definition) is 1. The summed E-state index contributed by atoms with van der Waals surface area (Å²) < 4.78 is 11.2. The number of thioether (sulfide) groups is 1. The van der Waals surface area contributed by atoms with E-state index in [0.717, 1.165) is 22.4 Å². The van der Waals surface area contributed by atoms with Crippen LogP contribution in [-0.4, -0.2) is 35.8 Å². The summed E-state index contributed by atoms with van der Waals surface area (Å²) in [7, 11) is 3.15. The fraction of sp³-hybridized carbons (Fsp3) is 0.125. The molecule has 0 aliphatic rings. The predicted octanol–water partition coefficient (Wildman–Crippen LogP) is 7.55. The number of thiazole rings is 1. The van der Waals surface area contributed by atoms with Gasteiger partial charge in [0.15, 0.2) is 16.6 Å². The first-order chi connectivity index (χ1) is 20.1. The number of aromatic nitrogens is 2. The van der Waals surface area contributed by atoms with E-state index in [-0.39, 0.29) is 12.3 Å². The minimum atomic E-state index is -0.154. The van der Waals surface area contributed by atoms with Crippen molar-refractivity contribution in [2.24, 2.45) is 0 Å². The second-order valence-electron chi connectivity index (χ2n) is 8.80. The highest BCUT2D eigenvalue weighted by molar-refractivity contribution is 7.99. The van der Waals surface area contributed by atoms with Crippen LogP contribution in [0.4, 0.5) is 5.13 Å². The van der Waals surface area contributed by atoms with Crippen LogP contribution in [0.5, 0.6) is 11.5 Å². The second kappa shape index (κ2) is 13.1. The first-order valence-corrected chi connectivity index (χ1v) is 14.6. The lowest BCUT2D eigenvalue weighted by Gasteiger charge is -2.16. The maximum absolute atomic E-state index is 12.8. The van der Waals surface area contributed by atoms with Gasteiger partial charge in [0.25, 0.3) is 0 Å². The second-order valence-corrected chi connectivity index (χ2v) is 10.7. The molecule has 2 aromatic heterocycles. The highest BCUT2D eigenvalue weighted by atomic mass is 32.2. The molecule has 0 spiro atoms. The molecule has 41 heavy (non-hydrogen) atoms. The number of ether oxygens (including phenoxy) is 2. The van der Waals surface area contributed by atoms with Crippen LogP contribution in [0, 0.1) is 11.3 Å². The zero-order chi connectivity index (χ0) is 28.6. The molecule has 1 N–H and O–H groups in total. The molecule has 0 fully saturated rings. The van der Waals surface area contributed by atoms with Gasteiger partial charge >= 0.3 is 0 Å². The summed E-state index contributed by atoms with van der Waals surface area (Å²) in [6.07, 6.45) is 0.227. The quantitative estimate of drug-likeness (QED) is 0.171. The molecule has 0 atom stereocenters. The Balaban J connectivity index is 1.39. The van der Waals surface area contributed by atoms with Crippen molar-refractivity contribution < 1.29 is 14.3 Å². The molecule has 0 aliphatic carbocycles. The molecule has 3 aromatic carbocycles. The van der Waals surface area contributed by atoms with Gasteiger partial charge in [0.2, 0.25) is 5.91 Å². The van der Waals surface area contributed by atoms with E-state index in [0.29, 0.717) is 44.2 Å². The molecule has 5 rings (SSSR count). The number of nitriles is 1. The first kappa shape index (κ1) is 27.9. The van der Waals surface area contributed by atoms with Crippen LogP contribution >= 0.6 is 23.1 Å². The fourth-order valence-electron chi connectivity index (χ4n) is 4.30. The molecular formula is C32H26N4O3S2. The summed E-state index contributed by atoms with van der Waals surface area (Å²) in [6, 6.07) is 29.4. The number of carbonyl (C=O) groups is 1. The van der Waals surface area contributed by atoms with E-state index < -0.39 is 0 Å². The van der Waals surface area contributed by atoms with Crippen molar-refractivity contribution in [3.8, 4) is 51.2 Å². The van der Waals surface area contributed by atoms with E-state index in [4.69, 9.17) is 14.5 Å². The molecule has 0 unspecified atom stereocenters. The third kappa shape index (κ3) is 6.40. The molecule has 204 valence electrons. The average molecular weight is 579 g/mol. The lowest BCUT2D eigenvalue weighted by molar-refractivity contribution is -0.115. The molecule has 7 nitrogen and oxygen atoms in total. The number of nitrogens with zero attached hydrogens (tertiary/aromatic N) is 3. The van der Waals surface area contributed by atoms with E-state index >= 15 is 0 Å². The Morgan fingerprint density at radius 3 is 2.27 bits per heavy atom. The Labute approximate surface area is 246 Å². The minimum Gasteiger partial charge on any atom is -0.493 e. The number of nitrogens with one attached hydrogen (secondary N) is 1. The number of benzene rings is 3. The number of amides is 1. The summed E-state index contributed by atoms with van der Waals surface area (Å²) >= 11 is 2.76. The lowest BCUT2D eigenvalue weighted by Crippen LogP contribution is -2.12. The zero-order valence-electron chi connectivity index (χ0n) is 22.5. The van der Waals surface area contributed by atoms with Gasteiger partial charge in [-0.15, -0.1) is 23.1 Å². The number of pyridine rings is 1. The molecule has 1 amide bonds. The summed E-state index contributed by atoms with van der Waals surface area (Å²) in [5.74, 6) is 1.37. The normalized spacial score (nSPS) is 10.6. The van der Waals surface area contributed by atoms with Crippen LogP contribution in [0.1, 0.15) is 12.0 Å². The van der Waals surface area contributed by atoms with E-state index in [1.807, 2.05) is 90.3 Å². The molecule has 0 saturated carbocycles. The summed E-state index contributed by atoms with van der Waals surface area (Å²) in [4.78, 5) is 22.1.